The van der Waals surface area contributed by atoms with E-state index >= 15 is 0 Å². The molecule has 0 N–H and O–H groups in total. The van der Waals surface area contributed by atoms with Gasteiger partial charge in [0.25, 0.3) is 0 Å². The van der Waals surface area contributed by atoms with E-state index in [9.17, 15) is 4.48 Å². The molecule has 1 aliphatic heterocycles. The highest BCUT2D eigenvalue weighted by molar-refractivity contribution is 4.64. The predicted octanol–water partition coefficient (Wildman–Crippen LogP) is 0.745. The Morgan fingerprint density at radius 1 is 1.08 bits per heavy atom. The van der Waals surface area contributed by atoms with Crippen LogP contribution in [0.4, 0.5) is 4.48 Å². The smallest absolute Gasteiger partial charge is 0.0432 e. The van der Waals surface area contributed by atoms with Crippen molar-refractivity contribution in [1.29, 1.82) is 0 Å². The zero-order chi connectivity index (χ0) is 8.97. The first kappa shape index (κ1) is 9.89. The molecular weight excluding hydrogens is 157 g/mol. The van der Waals surface area contributed by atoms with E-state index in [-0.39, 0.29) is 0 Å². The summed E-state index contributed by atoms with van der Waals surface area (Å²) in [6, 6.07) is 0. The van der Waals surface area contributed by atoms with Gasteiger partial charge in [-0.1, -0.05) is 13.8 Å². The van der Waals surface area contributed by atoms with E-state index in [2.05, 4.69) is 23.9 Å². The zero-order valence-electron chi connectivity index (χ0n) is 7.96. The molecule has 0 aromatic rings. The molecule has 0 aromatic carbocycles. The van der Waals surface area contributed by atoms with Crippen LogP contribution in [0.25, 0.3) is 0 Å². The van der Waals surface area contributed by atoms with Crippen LogP contribution in [0.15, 0.2) is 0 Å². The van der Waals surface area contributed by atoms with Gasteiger partial charge in [-0.15, -0.1) is 9.60 Å². The van der Waals surface area contributed by atoms with E-state index in [4.69, 9.17) is 0 Å². The minimum atomic E-state index is 0.538. The van der Waals surface area contributed by atoms with Gasteiger partial charge in [0.2, 0.25) is 0 Å². The third kappa shape index (κ3) is 2.40. The summed E-state index contributed by atoms with van der Waals surface area (Å²) in [7, 11) is 0. The molecule has 0 unspecified atom stereocenters. The molecule has 72 valence electrons. The number of hydrogen-bond donors (Lipinski definition) is 0. The summed E-state index contributed by atoms with van der Waals surface area (Å²) in [4.78, 5) is 0. The lowest BCUT2D eigenvalue weighted by Crippen LogP contribution is -2.51. The maximum Gasteiger partial charge on any atom is 0.0432 e. The van der Waals surface area contributed by atoms with Crippen molar-refractivity contribution in [3.05, 3.63) is 0 Å². The SMILES string of the molecule is CCN(CC)N1CCN(F)CC1. The summed E-state index contributed by atoms with van der Waals surface area (Å²) < 4.78 is 12.6. The van der Waals surface area contributed by atoms with Crippen molar-refractivity contribution in [1.82, 2.24) is 15.1 Å². The minimum Gasteiger partial charge on any atom is -0.242 e. The highest BCUT2D eigenvalue weighted by atomic mass is 19.2. The number of halogens is 1. The van der Waals surface area contributed by atoms with Gasteiger partial charge in [0.1, 0.15) is 0 Å². The van der Waals surface area contributed by atoms with E-state index in [1.165, 1.54) is 0 Å². The van der Waals surface area contributed by atoms with Gasteiger partial charge in [-0.25, -0.2) is 10.0 Å². The quantitative estimate of drug-likeness (QED) is 0.586. The molecule has 1 aliphatic rings. The molecule has 12 heavy (non-hydrogen) atoms. The summed E-state index contributed by atoms with van der Waals surface area (Å²) in [5.41, 5.74) is 0. The molecule has 0 amide bonds. The Morgan fingerprint density at radius 3 is 2.00 bits per heavy atom. The normalized spacial score (nSPS) is 22.0. The molecule has 1 fully saturated rings. The fraction of sp³-hybridized carbons (Fsp3) is 1.00. The number of nitrogens with zero attached hydrogens (tertiary/aromatic N) is 3. The highest BCUT2D eigenvalue weighted by Gasteiger charge is 2.19. The second-order valence-corrected chi connectivity index (χ2v) is 3.00. The molecular formula is C8H18FN3. The summed E-state index contributed by atoms with van der Waals surface area (Å²) in [6.45, 7) is 9.01. The molecule has 4 heteroatoms. The monoisotopic (exact) mass is 175 g/mol. The zero-order valence-corrected chi connectivity index (χ0v) is 7.96. The van der Waals surface area contributed by atoms with Crippen molar-refractivity contribution in [3.63, 3.8) is 0 Å². The lowest BCUT2D eigenvalue weighted by atomic mass is 10.4. The molecule has 0 aliphatic carbocycles. The highest BCUT2D eigenvalue weighted by Crippen LogP contribution is 2.04. The lowest BCUT2D eigenvalue weighted by Gasteiger charge is -2.37. The number of piperazine rings is 1. The average molecular weight is 175 g/mol. The fourth-order valence-electron chi connectivity index (χ4n) is 1.58. The van der Waals surface area contributed by atoms with Crippen LogP contribution in [0, 0.1) is 0 Å². The summed E-state index contributed by atoms with van der Waals surface area (Å²) in [5.74, 6) is 0. The standard InChI is InChI=1S/C8H18FN3/c1-3-11(4-2)12-7-5-10(9)6-8-12/h3-8H2,1-2H3. The van der Waals surface area contributed by atoms with Gasteiger partial charge in [0, 0.05) is 39.3 Å². The van der Waals surface area contributed by atoms with Crippen molar-refractivity contribution < 1.29 is 4.48 Å². The van der Waals surface area contributed by atoms with Crippen LogP contribution in [0.2, 0.25) is 0 Å². The second kappa shape index (κ2) is 4.74. The van der Waals surface area contributed by atoms with E-state index in [0.29, 0.717) is 13.1 Å². The number of hydrazine groups is 1. The van der Waals surface area contributed by atoms with Crippen LogP contribution in [0.5, 0.6) is 0 Å². The van der Waals surface area contributed by atoms with Crippen LogP contribution >= 0.6 is 0 Å². The first-order valence-electron chi connectivity index (χ1n) is 4.68. The van der Waals surface area contributed by atoms with Gasteiger partial charge in [0.05, 0.1) is 0 Å². The van der Waals surface area contributed by atoms with Crippen LogP contribution in [0.3, 0.4) is 0 Å². The van der Waals surface area contributed by atoms with Gasteiger partial charge < -0.3 is 0 Å². The summed E-state index contributed by atoms with van der Waals surface area (Å²) >= 11 is 0. The first-order valence-corrected chi connectivity index (χ1v) is 4.68. The van der Waals surface area contributed by atoms with Crippen LogP contribution in [-0.2, 0) is 0 Å². The first-order chi connectivity index (χ1) is 5.77. The predicted molar refractivity (Wildman–Crippen MR) is 47.2 cm³/mol. The Kier molecular flexibility index (Phi) is 3.91. The van der Waals surface area contributed by atoms with E-state index < -0.39 is 0 Å². The van der Waals surface area contributed by atoms with Crippen molar-refractivity contribution >= 4 is 0 Å². The molecule has 0 radical (unpaired) electrons. The van der Waals surface area contributed by atoms with Crippen molar-refractivity contribution in [2.24, 2.45) is 0 Å². The van der Waals surface area contributed by atoms with Crippen molar-refractivity contribution in [2.45, 2.75) is 13.8 Å². The number of rotatable bonds is 3. The van der Waals surface area contributed by atoms with E-state index in [0.717, 1.165) is 31.3 Å². The Labute approximate surface area is 73.6 Å². The third-order valence-corrected chi connectivity index (χ3v) is 2.33. The molecule has 1 rings (SSSR count). The summed E-state index contributed by atoms with van der Waals surface area (Å²) in [5, 5.41) is 5.38. The molecule has 0 bridgehead atoms. The van der Waals surface area contributed by atoms with Crippen molar-refractivity contribution in [2.75, 3.05) is 39.3 Å². The molecule has 0 aromatic heterocycles. The van der Waals surface area contributed by atoms with Gasteiger partial charge in [-0.3, -0.25) is 0 Å². The third-order valence-electron chi connectivity index (χ3n) is 2.33. The van der Waals surface area contributed by atoms with Gasteiger partial charge in [0.15, 0.2) is 0 Å². The van der Waals surface area contributed by atoms with Gasteiger partial charge >= 0.3 is 0 Å². The largest absolute Gasteiger partial charge is 0.242 e. The molecule has 0 saturated carbocycles. The maximum absolute atomic E-state index is 12.6. The second-order valence-electron chi connectivity index (χ2n) is 3.00. The Morgan fingerprint density at radius 2 is 1.58 bits per heavy atom. The summed E-state index contributed by atoms with van der Waals surface area (Å²) in [6.07, 6.45) is 0. The lowest BCUT2D eigenvalue weighted by molar-refractivity contribution is -0.0983. The van der Waals surface area contributed by atoms with Gasteiger partial charge in [-0.2, -0.15) is 0 Å². The van der Waals surface area contributed by atoms with Crippen LogP contribution in [-0.4, -0.2) is 54.4 Å². The Bertz CT molecular complexity index is 119. The Hall–Kier alpha value is -0.190. The molecule has 1 heterocycles. The van der Waals surface area contributed by atoms with Gasteiger partial charge in [-0.05, 0) is 0 Å². The van der Waals surface area contributed by atoms with Crippen LogP contribution < -0.4 is 0 Å². The molecule has 1 saturated heterocycles. The fourth-order valence-corrected chi connectivity index (χ4v) is 1.58. The van der Waals surface area contributed by atoms with Crippen molar-refractivity contribution in [3.8, 4) is 0 Å². The number of hydrogen-bond acceptors (Lipinski definition) is 3. The topological polar surface area (TPSA) is 9.72 Å². The van der Waals surface area contributed by atoms with Crippen LogP contribution in [0.1, 0.15) is 13.8 Å². The minimum absolute atomic E-state index is 0.538. The average Bonchev–Trinajstić information content (AvgIpc) is 2.10. The molecule has 0 atom stereocenters. The maximum atomic E-state index is 12.6. The molecule has 0 spiro atoms. The van der Waals surface area contributed by atoms with E-state index in [1.807, 2.05) is 0 Å². The molecule has 3 nitrogen and oxygen atoms in total. The Balaban J connectivity index is 2.32. The van der Waals surface area contributed by atoms with E-state index in [1.54, 1.807) is 0 Å².